The van der Waals surface area contributed by atoms with Gasteiger partial charge in [0.05, 0.1) is 12.3 Å². The first-order chi connectivity index (χ1) is 10.9. The van der Waals surface area contributed by atoms with Crippen LogP contribution in [-0.2, 0) is 11.3 Å². The van der Waals surface area contributed by atoms with Gasteiger partial charge in [-0.25, -0.2) is 0 Å². The molecule has 0 spiro atoms. The van der Waals surface area contributed by atoms with Crippen molar-refractivity contribution in [2.75, 3.05) is 18.8 Å². The summed E-state index contributed by atoms with van der Waals surface area (Å²) in [4.78, 5) is 38.8. The normalized spacial score (nSPS) is 14.3. The highest BCUT2D eigenvalue weighted by atomic mass is 32.2. The van der Waals surface area contributed by atoms with Crippen LogP contribution in [0.5, 0.6) is 0 Å². The predicted octanol–water partition coefficient (Wildman–Crippen LogP) is 2.92. The van der Waals surface area contributed by atoms with Crippen LogP contribution in [0, 0.1) is 0 Å². The molecule has 6 heteroatoms. The van der Waals surface area contributed by atoms with Gasteiger partial charge in [-0.3, -0.25) is 19.3 Å². The van der Waals surface area contributed by atoms with Crippen LogP contribution >= 0.6 is 11.8 Å². The van der Waals surface area contributed by atoms with Gasteiger partial charge in [-0.15, -0.1) is 0 Å². The number of carbonyl (C=O) groups is 3. The standard InChI is InChI=1S/C17H20N2O3S/c1-4-18(9-12(2)3)16(21)14-7-5-6-13(8-14)10-19-15(20)11-23-17(19)22/h5-8H,2,4,9-11H2,1,3H3. The van der Waals surface area contributed by atoms with E-state index in [1.54, 1.807) is 23.1 Å². The molecule has 0 atom stereocenters. The van der Waals surface area contributed by atoms with Crippen LogP contribution in [0.1, 0.15) is 29.8 Å². The number of hydrogen-bond donors (Lipinski definition) is 0. The van der Waals surface area contributed by atoms with E-state index >= 15 is 0 Å². The van der Waals surface area contributed by atoms with E-state index in [0.29, 0.717) is 18.7 Å². The van der Waals surface area contributed by atoms with Crippen LogP contribution in [0.15, 0.2) is 36.4 Å². The molecule has 1 aliphatic rings. The molecule has 3 amide bonds. The number of amides is 3. The Morgan fingerprint density at radius 2 is 2.13 bits per heavy atom. The lowest BCUT2D eigenvalue weighted by Crippen LogP contribution is -2.32. The minimum Gasteiger partial charge on any atom is -0.335 e. The molecule has 1 saturated heterocycles. The molecule has 0 bridgehead atoms. The Bertz CT molecular complexity index is 641. The fraction of sp³-hybridized carbons (Fsp3) is 0.353. The quantitative estimate of drug-likeness (QED) is 0.752. The van der Waals surface area contributed by atoms with Gasteiger partial charge in [-0.1, -0.05) is 36.0 Å². The lowest BCUT2D eigenvalue weighted by atomic mass is 10.1. The van der Waals surface area contributed by atoms with Gasteiger partial charge in [-0.2, -0.15) is 0 Å². The van der Waals surface area contributed by atoms with Crippen molar-refractivity contribution in [2.45, 2.75) is 20.4 Å². The maximum absolute atomic E-state index is 12.6. The molecule has 1 fully saturated rings. The molecule has 1 aliphatic heterocycles. The number of likely N-dealkylation sites (N-methyl/N-ethyl adjacent to an activating group) is 1. The summed E-state index contributed by atoms with van der Waals surface area (Å²) < 4.78 is 0. The van der Waals surface area contributed by atoms with E-state index < -0.39 is 0 Å². The molecule has 23 heavy (non-hydrogen) atoms. The summed E-state index contributed by atoms with van der Waals surface area (Å²) in [6.07, 6.45) is 0. The molecule has 0 radical (unpaired) electrons. The fourth-order valence-electron chi connectivity index (χ4n) is 2.35. The number of benzene rings is 1. The van der Waals surface area contributed by atoms with E-state index in [2.05, 4.69) is 6.58 Å². The fourth-order valence-corrected chi connectivity index (χ4v) is 3.08. The molecule has 0 unspecified atom stereocenters. The zero-order valence-electron chi connectivity index (χ0n) is 13.4. The Morgan fingerprint density at radius 3 is 2.70 bits per heavy atom. The van der Waals surface area contributed by atoms with Crippen LogP contribution < -0.4 is 0 Å². The smallest absolute Gasteiger partial charge is 0.289 e. The number of rotatable bonds is 6. The number of imide groups is 1. The van der Waals surface area contributed by atoms with E-state index in [4.69, 9.17) is 0 Å². The first-order valence-corrected chi connectivity index (χ1v) is 8.40. The molecule has 5 nitrogen and oxygen atoms in total. The lowest BCUT2D eigenvalue weighted by molar-refractivity contribution is -0.125. The van der Waals surface area contributed by atoms with Crippen molar-refractivity contribution in [1.82, 2.24) is 9.80 Å². The van der Waals surface area contributed by atoms with Gasteiger partial charge < -0.3 is 4.90 Å². The Labute approximate surface area is 140 Å². The highest BCUT2D eigenvalue weighted by Crippen LogP contribution is 2.21. The van der Waals surface area contributed by atoms with Crippen molar-refractivity contribution in [3.05, 3.63) is 47.5 Å². The summed E-state index contributed by atoms with van der Waals surface area (Å²) in [5, 5.41) is -0.232. The van der Waals surface area contributed by atoms with E-state index in [-0.39, 0.29) is 29.4 Å². The number of carbonyl (C=O) groups excluding carboxylic acids is 3. The topological polar surface area (TPSA) is 57.7 Å². The maximum Gasteiger partial charge on any atom is 0.289 e. The number of thioether (sulfide) groups is 1. The van der Waals surface area contributed by atoms with Gasteiger partial charge in [0, 0.05) is 18.7 Å². The average molecular weight is 332 g/mol. The van der Waals surface area contributed by atoms with Crippen molar-refractivity contribution < 1.29 is 14.4 Å². The zero-order chi connectivity index (χ0) is 17.0. The Kier molecular flexibility index (Phi) is 5.60. The van der Waals surface area contributed by atoms with E-state index in [1.165, 1.54) is 4.90 Å². The van der Waals surface area contributed by atoms with E-state index in [1.807, 2.05) is 19.9 Å². The van der Waals surface area contributed by atoms with Gasteiger partial charge in [0.1, 0.15) is 0 Å². The van der Waals surface area contributed by atoms with E-state index in [0.717, 1.165) is 22.9 Å². The second kappa shape index (κ2) is 7.46. The lowest BCUT2D eigenvalue weighted by Gasteiger charge is -2.21. The second-order valence-corrected chi connectivity index (χ2v) is 6.44. The number of nitrogens with zero attached hydrogens (tertiary/aromatic N) is 2. The molecule has 0 saturated carbocycles. The third-order valence-corrected chi connectivity index (χ3v) is 4.34. The Morgan fingerprint density at radius 1 is 1.39 bits per heavy atom. The molecule has 0 aliphatic carbocycles. The largest absolute Gasteiger partial charge is 0.335 e. The van der Waals surface area contributed by atoms with Crippen LogP contribution in [0.3, 0.4) is 0 Å². The van der Waals surface area contributed by atoms with Gasteiger partial charge in [0.15, 0.2) is 0 Å². The van der Waals surface area contributed by atoms with Crippen LogP contribution in [0.25, 0.3) is 0 Å². The van der Waals surface area contributed by atoms with Crippen molar-refractivity contribution in [2.24, 2.45) is 0 Å². The van der Waals surface area contributed by atoms with Gasteiger partial charge in [0.25, 0.3) is 11.1 Å². The maximum atomic E-state index is 12.6. The molecule has 122 valence electrons. The summed E-state index contributed by atoms with van der Waals surface area (Å²) in [5.41, 5.74) is 2.24. The predicted molar refractivity (Wildman–Crippen MR) is 91.2 cm³/mol. The first-order valence-electron chi connectivity index (χ1n) is 7.42. The molecular weight excluding hydrogens is 312 g/mol. The van der Waals surface area contributed by atoms with Crippen molar-refractivity contribution in [3.8, 4) is 0 Å². The highest BCUT2D eigenvalue weighted by molar-refractivity contribution is 8.14. The monoisotopic (exact) mass is 332 g/mol. The minimum absolute atomic E-state index is 0.0780. The van der Waals surface area contributed by atoms with Gasteiger partial charge in [0.2, 0.25) is 5.91 Å². The number of hydrogen-bond acceptors (Lipinski definition) is 4. The zero-order valence-corrected chi connectivity index (χ0v) is 14.2. The average Bonchev–Trinajstić information content (AvgIpc) is 2.84. The van der Waals surface area contributed by atoms with Crippen LogP contribution in [0.2, 0.25) is 0 Å². The van der Waals surface area contributed by atoms with Crippen molar-refractivity contribution in [3.63, 3.8) is 0 Å². The molecule has 0 aromatic heterocycles. The van der Waals surface area contributed by atoms with Crippen molar-refractivity contribution >= 4 is 28.8 Å². The molecule has 1 heterocycles. The van der Waals surface area contributed by atoms with Gasteiger partial charge in [-0.05, 0) is 31.5 Å². The first kappa shape index (κ1) is 17.3. The molecule has 1 aromatic carbocycles. The summed E-state index contributed by atoms with van der Waals surface area (Å²) in [6, 6.07) is 7.08. The highest BCUT2D eigenvalue weighted by Gasteiger charge is 2.29. The Balaban J connectivity index is 2.15. The van der Waals surface area contributed by atoms with Gasteiger partial charge >= 0.3 is 0 Å². The van der Waals surface area contributed by atoms with E-state index in [9.17, 15) is 14.4 Å². The molecule has 0 N–H and O–H groups in total. The Hall–Kier alpha value is -2.08. The summed E-state index contributed by atoms with van der Waals surface area (Å²) in [7, 11) is 0. The SMILES string of the molecule is C=C(C)CN(CC)C(=O)c1cccc(CN2C(=O)CSC2=O)c1. The van der Waals surface area contributed by atoms with Crippen LogP contribution in [-0.4, -0.2) is 45.7 Å². The van der Waals surface area contributed by atoms with Crippen molar-refractivity contribution in [1.29, 1.82) is 0 Å². The molecule has 1 aromatic rings. The summed E-state index contributed by atoms with van der Waals surface area (Å²) in [6.45, 7) is 8.96. The third-order valence-electron chi connectivity index (χ3n) is 3.48. The molecular formula is C17H20N2O3S. The third kappa shape index (κ3) is 4.22. The molecule has 2 rings (SSSR count). The summed E-state index contributed by atoms with van der Waals surface area (Å²) in [5.74, 6) is -0.0698. The summed E-state index contributed by atoms with van der Waals surface area (Å²) >= 11 is 1.01. The van der Waals surface area contributed by atoms with Crippen LogP contribution in [0.4, 0.5) is 4.79 Å². The minimum atomic E-state index is -0.232. The second-order valence-electron chi connectivity index (χ2n) is 5.51.